The summed E-state index contributed by atoms with van der Waals surface area (Å²) in [5.74, 6) is 0. The third-order valence-corrected chi connectivity index (χ3v) is 3.03. The first-order chi connectivity index (χ1) is 7.57. The van der Waals surface area contributed by atoms with E-state index < -0.39 is 11.9 Å². The summed E-state index contributed by atoms with van der Waals surface area (Å²) in [6.07, 6.45) is -3.03. The van der Waals surface area contributed by atoms with Gasteiger partial charge >= 0.3 is 6.18 Å². The Morgan fingerprint density at radius 3 is 2.31 bits per heavy atom. The molecule has 0 aliphatic rings. The summed E-state index contributed by atoms with van der Waals surface area (Å²) >= 11 is 1.10. The van der Waals surface area contributed by atoms with Crippen molar-refractivity contribution >= 4 is 11.8 Å². The number of rotatable bonds is 2. The first kappa shape index (κ1) is 11.1. The van der Waals surface area contributed by atoms with E-state index in [4.69, 9.17) is 0 Å². The van der Waals surface area contributed by atoms with Crippen molar-refractivity contribution in [3.8, 4) is 0 Å². The van der Waals surface area contributed by atoms with E-state index >= 15 is 0 Å². The molecule has 1 heterocycles. The lowest BCUT2D eigenvalue weighted by Crippen LogP contribution is -2.06. The third kappa shape index (κ3) is 2.41. The molecule has 1 aromatic heterocycles. The summed E-state index contributed by atoms with van der Waals surface area (Å²) in [6.45, 7) is 0. The van der Waals surface area contributed by atoms with Crippen LogP contribution in [-0.4, -0.2) is 4.98 Å². The summed E-state index contributed by atoms with van der Waals surface area (Å²) in [6, 6.07) is 10.4. The molecule has 1 nitrogen and oxygen atoms in total. The van der Waals surface area contributed by atoms with Crippen LogP contribution in [0.2, 0.25) is 0 Å². The molecule has 0 unspecified atom stereocenters. The molecule has 16 heavy (non-hydrogen) atoms. The third-order valence-electron chi connectivity index (χ3n) is 1.96. The maximum atomic E-state index is 12.5. The summed E-state index contributed by atoms with van der Waals surface area (Å²) in [5.41, 5.74) is -0.693. The molecule has 84 valence electrons. The molecule has 0 aliphatic carbocycles. The largest absolute Gasteiger partial charge is 0.432 e. The van der Waals surface area contributed by atoms with Crippen LogP contribution in [0.4, 0.5) is 13.2 Å². The van der Waals surface area contributed by atoms with E-state index in [9.17, 15) is 13.2 Å². The fourth-order valence-electron chi connectivity index (χ4n) is 1.28. The SMILES string of the molecule is FC(F)(F)c1[nH]ccc1Sc1ccccc1. The molecule has 0 spiro atoms. The molecule has 5 heteroatoms. The molecule has 2 rings (SSSR count). The molecule has 0 saturated carbocycles. The lowest BCUT2D eigenvalue weighted by atomic mass is 10.4. The van der Waals surface area contributed by atoms with Crippen LogP contribution in [0.3, 0.4) is 0 Å². The number of hydrogen-bond acceptors (Lipinski definition) is 1. The van der Waals surface area contributed by atoms with Gasteiger partial charge < -0.3 is 4.98 Å². The van der Waals surface area contributed by atoms with Crippen LogP contribution in [0.5, 0.6) is 0 Å². The highest BCUT2D eigenvalue weighted by Crippen LogP contribution is 2.38. The molecule has 0 saturated heterocycles. The Morgan fingerprint density at radius 2 is 1.69 bits per heavy atom. The zero-order chi connectivity index (χ0) is 11.6. The minimum absolute atomic E-state index is 0.193. The maximum Gasteiger partial charge on any atom is 0.432 e. The predicted octanol–water partition coefficient (Wildman–Crippen LogP) is 4.18. The van der Waals surface area contributed by atoms with E-state index in [1.165, 1.54) is 12.3 Å². The van der Waals surface area contributed by atoms with Crippen molar-refractivity contribution < 1.29 is 13.2 Å². The first-order valence-electron chi connectivity index (χ1n) is 4.55. The number of aromatic amines is 1. The second-order valence-electron chi connectivity index (χ2n) is 3.13. The highest BCUT2D eigenvalue weighted by molar-refractivity contribution is 7.99. The smallest absolute Gasteiger partial charge is 0.357 e. The number of nitrogens with one attached hydrogen (secondary N) is 1. The average Bonchev–Trinajstić information content (AvgIpc) is 2.67. The van der Waals surface area contributed by atoms with Crippen molar-refractivity contribution in [2.45, 2.75) is 16.0 Å². The Hall–Kier alpha value is -1.36. The predicted molar refractivity (Wildman–Crippen MR) is 56.4 cm³/mol. The van der Waals surface area contributed by atoms with Gasteiger partial charge in [-0.1, -0.05) is 30.0 Å². The van der Waals surface area contributed by atoms with Crippen LogP contribution >= 0.6 is 11.8 Å². The van der Waals surface area contributed by atoms with Crippen LogP contribution in [-0.2, 0) is 6.18 Å². The fourth-order valence-corrected chi connectivity index (χ4v) is 2.24. The molecule has 1 aromatic carbocycles. The minimum atomic E-state index is -4.33. The number of aromatic nitrogens is 1. The van der Waals surface area contributed by atoms with Crippen LogP contribution in [0, 0.1) is 0 Å². The number of benzene rings is 1. The van der Waals surface area contributed by atoms with Gasteiger partial charge in [-0.3, -0.25) is 0 Å². The Kier molecular flexibility index (Phi) is 2.96. The summed E-state index contributed by atoms with van der Waals surface area (Å²) < 4.78 is 37.6. The molecule has 0 radical (unpaired) electrons. The molecule has 0 amide bonds. The standard InChI is InChI=1S/C11H8F3NS/c12-11(13,14)10-9(6-7-15-10)16-8-4-2-1-3-5-8/h1-7,15H. The van der Waals surface area contributed by atoms with E-state index in [1.807, 2.05) is 6.07 Å². The van der Waals surface area contributed by atoms with E-state index in [0.717, 1.165) is 16.7 Å². The normalized spacial score (nSPS) is 11.7. The van der Waals surface area contributed by atoms with Crippen LogP contribution in [0.1, 0.15) is 5.69 Å². The van der Waals surface area contributed by atoms with Crippen LogP contribution < -0.4 is 0 Å². The van der Waals surface area contributed by atoms with E-state index in [1.54, 1.807) is 24.3 Å². The monoisotopic (exact) mass is 243 g/mol. The molecule has 2 aromatic rings. The molecule has 0 bridgehead atoms. The number of hydrogen-bond donors (Lipinski definition) is 1. The van der Waals surface area contributed by atoms with Gasteiger partial charge in [0.15, 0.2) is 0 Å². The zero-order valence-corrected chi connectivity index (χ0v) is 8.90. The first-order valence-corrected chi connectivity index (χ1v) is 5.36. The molecular formula is C11H8F3NS. The quantitative estimate of drug-likeness (QED) is 0.836. The Morgan fingerprint density at radius 1 is 1.00 bits per heavy atom. The summed E-state index contributed by atoms with van der Waals surface area (Å²) in [7, 11) is 0. The second kappa shape index (κ2) is 4.25. The lowest BCUT2D eigenvalue weighted by molar-refractivity contribution is -0.142. The van der Waals surface area contributed by atoms with E-state index in [2.05, 4.69) is 4.98 Å². The highest BCUT2D eigenvalue weighted by atomic mass is 32.2. The zero-order valence-electron chi connectivity index (χ0n) is 8.08. The maximum absolute atomic E-state index is 12.5. The second-order valence-corrected chi connectivity index (χ2v) is 4.25. The minimum Gasteiger partial charge on any atom is -0.357 e. The molecule has 0 aliphatic heterocycles. The van der Waals surface area contributed by atoms with Crippen molar-refractivity contribution in [1.29, 1.82) is 0 Å². The van der Waals surface area contributed by atoms with Crippen molar-refractivity contribution in [3.63, 3.8) is 0 Å². The fraction of sp³-hybridized carbons (Fsp3) is 0.0909. The van der Waals surface area contributed by atoms with Gasteiger partial charge in [-0.2, -0.15) is 13.2 Å². The molecule has 0 fully saturated rings. The van der Waals surface area contributed by atoms with Gasteiger partial charge in [0.05, 0.1) is 0 Å². The molecule has 1 N–H and O–H groups in total. The Bertz CT molecular complexity index is 462. The summed E-state index contributed by atoms with van der Waals surface area (Å²) in [4.78, 5) is 3.20. The van der Waals surface area contributed by atoms with Gasteiger partial charge in [-0.15, -0.1) is 0 Å². The Labute approximate surface area is 94.7 Å². The van der Waals surface area contributed by atoms with Gasteiger partial charge in [0, 0.05) is 16.0 Å². The van der Waals surface area contributed by atoms with Crippen molar-refractivity contribution in [2.75, 3.05) is 0 Å². The van der Waals surface area contributed by atoms with Crippen LogP contribution in [0.15, 0.2) is 52.4 Å². The molecule has 0 atom stereocenters. The van der Waals surface area contributed by atoms with Crippen LogP contribution in [0.25, 0.3) is 0 Å². The van der Waals surface area contributed by atoms with Gasteiger partial charge in [0.2, 0.25) is 0 Å². The number of halogens is 3. The van der Waals surface area contributed by atoms with Gasteiger partial charge in [-0.25, -0.2) is 0 Å². The van der Waals surface area contributed by atoms with Crippen molar-refractivity contribution in [2.24, 2.45) is 0 Å². The average molecular weight is 243 g/mol. The van der Waals surface area contributed by atoms with Crippen molar-refractivity contribution in [1.82, 2.24) is 4.98 Å². The van der Waals surface area contributed by atoms with Gasteiger partial charge in [0.25, 0.3) is 0 Å². The Balaban J connectivity index is 2.26. The van der Waals surface area contributed by atoms with Crippen molar-refractivity contribution in [3.05, 3.63) is 48.3 Å². The van der Waals surface area contributed by atoms with E-state index in [-0.39, 0.29) is 4.90 Å². The number of H-pyrrole nitrogens is 1. The van der Waals surface area contributed by atoms with Gasteiger partial charge in [-0.05, 0) is 18.2 Å². The summed E-state index contributed by atoms with van der Waals surface area (Å²) in [5, 5.41) is 0. The molecular weight excluding hydrogens is 235 g/mol. The topological polar surface area (TPSA) is 15.8 Å². The lowest BCUT2D eigenvalue weighted by Gasteiger charge is -2.07. The number of alkyl halides is 3. The van der Waals surface area contributed by atoms with E-state index in [0.29, 0.717) is 0 Å². The highest BCUT2D eigenvalue weighted by Gasteiger charge is 2.34. The van der Waals surface area contributed by atoms with Gasteiger partial charge in [0.1, 0.15) is 5.69 Å².